The molecule has 1 aliphatic heterocycles. The minimum absolute atomic E-state index is 0. The lowest BCUT2D eigenvalue weighted by Gasteiger charge is -2.23. The van der Waals surface area contributed by atoms with Crippen LogP contribution in [0.3, 0.4) is 0 Å². The number of halogens is 2. The molecule has 1 fully saturated rings. The van der Waals surface area contributed by atoms with E-state index in [1.807, 2.05) is 6.07 Å². The molecule has 3 nitrogen and oxygen atoms in total. The zero-order chi connectivity index (χ0) is 13.2. The third-order valence-electron chi connectivity index (χ3n) is 3.88. The number of rotatable bonds is 3. The quantitative estimate of drug-likeness (QED) is 0.943. The summed E-state index contributed by atoms with van der Waals surface area (Å²) in [6.45, 7) is 2.92. The first-order chi connectivity index (χ1) is 9.25. The monoisotopic (exact) mass is 295 g/mol. The van der Waals surface area contributed by atoms with Gasteiger partial charge in [-0.05, 0) is 43.8 Å². The van der Waals surface area contributed by atoms with Crippen LogP contribution < -0.4 is 5.32 Å². The third kappa shape index (κ3) is 2.92. The van der Waals surface area contributed by atoms with Gasteiger partial charge in [-0.2, -0.15) is 0 Å². The molecule has 1 unspecified atom stereocenters. The van der Waals surface area contributed by atoms with Crippen molar-refractivity contribution < 1.29 is 4.39 Å². The van der Waals surface area contributed by atoms with Crippen molar-refractivity contribution in [3.8, 4) is 0 Å². The highest BCUT2D eigenvalue weighted by Crippen LogP contribution is 2.21. The standard InChI is InChI=1S/C15H18FN3.ClH/c1-19(12-6-8-17-9-12)10-11-4-5-14(16)13-3-2-7-18-15(11)13;/h2-5,7,12,17H,6,8-10H2,1H3;1H. The smallest absolute Gasteiger partial charge is 0.132 e. The van der Waals surface area contributed by atoms with E-state index in [1.165, 1.54) is 6.42 Å². The van der Waals surface area contributed by atoms with Gasteiger partial charge in [0.2, 0.25) is 0 Å². The van der Waals surface area contributed by atoms with Crippen molar-refractivity contribution in [2.24, 2.45) is 0 Å². The van der Waals surface area contributed by atoms with E-state index in [2.05, 4.69) is 22.2 Å². The van der Waals surface area contributed by atoms with Gasteiger partial charge in [0.05, 0.1) is 5.52 Å². The van der Waals surface area contributed by atoms with Gasteiger partial charge in [0.1, 0.15) is 5.82 Å². The van der Waals surface area contributed by atoms with Gasteiger partial charge in [-0.25, -0.2) is 4.39 Å². The molecule has 2 heterocycles. The average Bonchev–Trinajstić information content (AvgIpc) is 2.96. The van der Waals surface area contributed by atoms with Gasteiger partial charge in [-0.3, -0.25) is 9.88 Å². The largest absolute Gasteiger partial charge is 0.315 e. The Hall–Kier alpha value is -1.23. The first-order valence-corrected chi connectivity index (χ1v) is 6.69. The van der Waals surface area contributed by atoms with Gasteiger partial charge < -0.3 is 5.32 Å². The van der Waals surface area contributed by atoms with Gasteiger partial charge in [0, 0.05) is 30.7 Å². The highest BCUT2D eigenvalue weighted by molar-refractivity contribution is 5.85. The van der Waals surface area contributed by atoms with Crippen LogP contribution in [0, 0.1) is 5.82 Å². The predicted molar refractivity (Wildman–Crippen MR) is 81.7 cm³/mol. The Bertz CT molecular complexity index is 584. The summed E-state index contributed by atoms with van der Waals surface area (Å²) in [4.78, 5) is 6.66. The predicted octanol–water partition coefficient (Wildman–Crippen LogP) is 2.59. The van der Waals surface area contributed by atoms with Crippen LogP contribution in [-0.2, 0) is 6.54 Å². The first kappa shape index (κ1) is 15.2. The summed E-state index contributed by atoms with van der Waals surface area (Å²) >= 11 is 0. The van der Waals surface area contributed by atoms with Crippen LogP contribution in [0.1, 0.15) is 12.0 Å². The molecular weight excluding hydrogens is 277 g/mol. The average molecular weight is 296 g/mol. The summed E-state index contributed by atoms with van der Waals surface area (Å²) in [6, 6.07) is 7.52. The first-order valence-electron chi connectivity index (χ1n) is 6.69. The summed E-state index contributed by atoms with van der Waals surface area (Å²) in [6.07, 6.45) is 2.89. The zero-order valence-electron chi connectivity index (χ0n) is 11.5. The molecule has 1 N–H and O–H groups in total. The maximum absolute atomic E-state index is 13.7. The molecule has 0 saturated carbocycles. The van der Waals surface area contributed by atoms with E-state index >= 15 is 0 Å². The van der Waals surface area contributed by atoms with E-state index in [-0.39, 0.29) is 18.2 Å². The number of benzene rings is 1. The molecular formula is C15H19ClFN3. The van der Waals surface area contributed by atoms with Crippen LogP contribution in [-0.4, -0.2) is 36.1 Å². The Morgan fingerprint density at radius 1 is 1.40 bits per heavy atom. The molecule has 1 aliphatic rings. The SMILES string of the molecule is CN(Cc1ccc(F)c2cccnc12)C1CCNC1.Cl. The number of nitrogens with one attached hydrogen (secondary N) is 1. The van der Waals surface area contributed by atoms with Gasteiger partial charge in [0.15, 0.2) is 0 Å². The van der Waals surface area contributed by atoms with E-state index < -0.39 is 0 Å². The van der Waals surface area contributed by atoms with Crippen LogP contribution in [0.4, 0.5) is 4.39 Å². The second kappa shape index (κ2) is 6.48. The number of hydrogen-bond donors (Lipinski definition) is 1. The number of nitrogens with zero attached hydrogens (tertiary/aromatic N) is 2. The van der Waals surface area contributed by atoms with Crippen LogP contribution in [0.25, 0.3) is 10.9 Å². The van der Waals surface area contributed by atoms with E-state index in [9.17, 15) is 4.39 Å². The number of aromatic nitrogens is 1. The molecule has 2 aromatic rings. The summed E-state index contributed by atoms with van der Waals surface area (Å²) < 4.78 is 13.7. The fourth-order valence-corrected chi connectivity index (χ4v) is 2.74. The number of fused-ring (bicyclic) bond motifs is 1. The van der Waals surface area contributed by atoms with Crippen LogP contribution >= 0.6 is 12.4 Å². The lowest BCUT2D eigenvalue weighted by atomic mass is 10.1. The van der Waals surface area contributed by atoms with E-state index in [0.717, 1.165) is 30.7 Å². The van der Waals surface area contributed by atoms with Gasteiger partial charge in [-0.1, -0.05) is 6.07 Å². The summed E-state index contributed by atoms with van der Waals surface area (Å²) in [5, 5.41) is 3.98. The second-order valence-corrected chi connectivity index (χ2v) is 5.17. The second-order valence-electron chi connectivity index (χ2n) is 5.17. The summed E-state index contributed by atoms with van der Waals surface area (Å²) in [5.74, 6) is -0.197. The van der Waals surface area contributed by atoms with Crippen molar-refractivity contribution >= 4 is 23.3 Å². The van der Waals surface area contributed by atoms with Crippen molar-refractivity contribution in [1.29, 1.82) is 0 Å². The lowest BCUT2D eigenvalue weighted by molar-refractivity contribution is 0.249. The molecule has 3 rings (SSSR count). The van der Waals surface area contributed by atoms with Gasteiger partial charge >= 0.3 is 0 Å². The molecule has 1 aromatic heterocycles. The maximum Gasteiger partial charge on any atom is 0.132 e. The summed E-state index contributed by atoms with van der Waals surface area (Å²) in [7, 11) is 2.12. The normalized spacial score (nSPS) is 18.4. The third-order valence-corrected chi connectivity index (χ3v) is 3.88. The minimum atomic E-state index is -0.197. The lowest BCUT2D eigenvalue weighted by Crippen LogP contribution is -2.32. The van der Waals surface area contributed by atoms with Gasteiger partial charge in [0.25, 0.3) is 0 Å². The van der Waals surface area contributed by atoms with E-state index in [0.29, 0.717) is 11.4 Å². The Morgan fingerprint density at radius 3 is 3.00 bits per heavy atom. The Labute approximate surface area is 124 Å². The molecule has 0 radical (unpaired) electrons. The fraction of sp³-hybridized carbons (Fsp3) is 0.400. The molecule has 1 saturated heterocycles. The fourth-order valence-electron chi connectivity index (χ4n) is 2.74. The molecule has 0 aliphatic carbocycles. The number of pyridine rings is 1. The number of likely N-dealkylation sites (N-methyl/N-ethyl adjacent to an activating group) is 1. The van der Waals surface area contributed by atoms with Crippen LogP contribution in [0.2, 0.25) is 0 Å². The topological polar surface area (TPSA) is 28.2 Å². The van der Waals surface area contributed by atoms with Crippen molar-refractivity contribution in [3.05, 3.63) is 41.8 Å². The van der Waals surface area contributed by atoms with Crippen LogP contribution in [0.15, 0.2) is 30.5 Å². The number of hydrogen-bond acceptors (Lipinski definition) is 3. The van der Waals surface area contributed by atoms with Crippen LogP contribution in [0.5, 0.6) is 0 Å². The zero-order valence-corrected chi connectivity index (χ0v) is 12.3. The molecule has 0 amide bonds. The minimum Gasteiger partial charge on any atom is -0.315 e. The van der Waals surface area contributed by atoms with Crippen molar-refractivity contribution in [1.82, 2.24) is 15.2 Å². The van der Waals surface area contributed by atoms with Crippen molar-refractivity contribution in [3.63, 3.8) is 0 Å². The molecule has 1 aromatic carbocycles. The molecule has 20 heavy (non-hydrogen) atoms. The Morgan fingerprint density at radius 2 is 2.25 bits per heavy atom. The molecule has 108 valence electrons. The Kier molecular flexibility index (Phi) is 4.91. The molecule has 0 spiro atoms. The van der Waals surface area contributed by atoms with E-state index in [4.69, 9.17) is 0 Å². The maximum atomic E-state index is 13.7. The highest BCUT2D eigenvalue weighted by atomic mass is 35.5. The van der Waals surface area contributed by atoms with Crippen molar-refractivity contribution in [2.75, 3.05) is 20.1 Å². The highest BCUT2D eigenvalue weighted by Gasteiger charge is 2.20. The van der Waals surface area contributed by atoms with Crippen molar-refractivity contribution in [2.45, 2.75) is 19.0 Å². The molecule has 1 atom stereocenters. The molecule has 0 bridgehead atoms. The van der Waals surface area contributed by atoms with Gasteiger partial charge in [-0.15, -0.1) is 12.4 Å². The van der Waals surface area contributed by atoms with E-state index in [1.54, 1.807) is 24.4 Å². The Balaban J connectivity index is 0.00000147. The summed E-state index contributed by atoms with van der Waals surface area (Å²) in [5.41, 5.74) is 1.87. The molecule has 5 heteroatoms.